The van der Waals surface area contributed by atoms with Crippen molar-refractivity contribution in [3.63, 3.8) is 0 Å². The summed E-state index contributed by atoms with van der Waals surface area (Å²) >= 11 is 0. The highest BCUT2D eigenvalue weighted by atomic mass is 16.1. The lowest BCUT2D eigenvalue weighted by Crippen LogP contribution is -1.75. The van der Waals surface area contributed by atoms with E-state index in [-0.39, 0.29) is 5.78 Å². The van der Waals surface area contributed by atoms with E-state index >= 15 is 0 Å². The van der Waals surface area contributed by atoms with Gasteiger partial charge >= 0.3 is 0 Å². The zero-order valence-electron chi connectivity index (χ0n) is 19.6. The fourth-order valence-corrected chi connectivity index (χ4v) is 1.52. The van der Waals surface area contributed by atoms with Crippen LogP contribution in [0, 0.1) is 13.8 Å². The molecular weight excluding hydrogens is 316 g/mol. The number of carbonyl (C=O) groups excluding carboxylic acids is 1. The van der Waals surface area contributed by atoms with Crippen LogP contribution in [-0.2, 0) is 4.79 Å². The average Bonchev–Trinajstić information content (AvgIpc) is 2.64. The molecule has 0 bridgehead atoms. The van der Waals surface area contributed by atoms with Crippen molar-refractivity contribution in [2.45, 2.75) is 95.4 Å². The van der Waals surface area contributed by atoms with E-state index in [9.17, 15) is 4.79 Å². The molecule has 0 saturated heterocycles. The third-order valence-electron chi connectivity index (χ3n) is 2.70. The minimum absolute atomic E-state index is 0.167. The van der Waals surface area contributed by atoms with Crippen molar-refractivity contribution in [1.29, 1.82) is 0 Å². The standard InChI is InChI=1S/C10H18.C8H10.C3H6O.2C2H6/c1-4-7-9-10(6-3)8-5-2;1-7-3-5-8(2)6-4-7;1-3(2)4;2*1-2/h6-7,9H,4-5,8H2,1-3H3;3-6H,1-2H3;1-2H3;2*1-2H3/b9-7-,10-6-;;;;. The molecule has 0 aliphatic heterocycles. The monoisotopic (exact) mass is 362 g/mol. The molecule has 0 amide bonds. The van der Waals surface area contributed by atoms with Gasteiger partial charge in [0.05, 0.1) is 0 Å². The minimum atomic E-state index is 0.167. The summed E-state index contributed by atoms with van der Waals surface area (Å²) < 4.78 is 0. The molecule has 1 heteroatoms. The SMILES string of the molecule is C/C=C(\C=C/CC)CCC.CC.CC.CC(C)=O.Cc1ccc(C)cc1. The molecule has 152 valence electrons. The number of rotatable bonds is 4. The Labute approximate surface area is 165 Å². The highest BCUT2D eigenvalue weighted by Gasteiger charge is 1.85. The van der Waals surface area contributed by atoms with E-state index < -0.39 is 0 Å². The fourth-order valence-electron chi connectivity index (χ4n) is 1.52. The van der Waals surface area contributed by atoms with E-state index in [0.29, 0.717) is 0 Å². The molecule has 1 aromatic rings. The Morgan fingerprint density at radius 3 is 1.46 bits per heavy atom. The number of carbonyl (C=O) groups is 1. The second-order valence-corrected chi connectivity index (χ2v) is 5.49. The van der Waals surface area contributed by atoms with Crippen molar-refractivity contribution in [2.75, 3.05) is 0 Å². The van der Waals surface area contributed by atoms with E-state index in [1.165, 1.54) is 43.4 Å². The number of allylic oxidation sites excluding steroid dienone is 4. The Morgan fingerprint density at radius 2 is 1.23 bits per heavy atom. The second kappa shape index (κ2) is 28.2. The highest BCUT2D eigenvalue weighted by Crippen LogP contribution is 2.06. The summed E-state index contributed by atoms with van der Waals surface area (Å²) in [6, 6.07) is 8.48. The number of hydrogen-bond donors (Lipinski definition) is 0. The number of ketones is 1. The van der Waals surface area contributed by atoms with Crippen LogP contribution in [0.25, 0.3) is 0 Å². The molecule has 0 atom stereocenters. The van der Waals surface area contributed by atoms with Gasteiger partial charge < -0.3 is 4.79 Å². The number of Topliss-reactive ketones (excluding diaryl/α,β-unsaturated/α-hetero) is 1. The van der Waals surface area contributed by atoms with Crippen LogP contribution < -0.4 is 0 Å². The maximum Gasteiger partial charge on any atom is 0.126 e. The van der Waals surface area contributed by atoms with E-state index in [1.807, 2.05) is 27.7 Å². The molecule has 0 radical (unpaired) electrons. The Kier molecular flexibility index (Phi) is 34.8. The van der Waals surface area contributed by atoms with Crippen molar-refractivity contribution in [1.82, 2.24) is 0 Å². The number of aryl methyl sites for hydroxylation is 2. The molecular formula is C25H46O. The van der Waals surface area contributed by atoms with E-state index in [2.05, 4.69) is 77.1 Å². The smallest absolute Gasteiger partial charge is 0.126 e. The van der Waals surface area contributed by atoms with Crippen molar-refractivity contribution < 1.29 is 4.79 Å². The molecule has 0 unspecified atom stereocenters. The van der Waals surface area contributed by atoms with Crippen LogP contribution in [0.4, 0.5) is 0 Å². The Hall–Kier alpha value is -1.63. The minimum Gasteiger partial charge on any atom is -0.300 e. The lowest BCUT2D eigenvalue weighted by molar-refractivity contribution is -0.114. The molecule has 0 fully saturated rings. The van der Waals surface area contributed by atoms with E-state index in [0.717, 1.165) is 6.42 Å². The van der Waals surface area contributed by atoms with Gasteiger partial charge in [0, 0.05) is 0 Å². The normalized spacial score (nSPS) is 9.27. The largest absolute Gasteiger partial charge is 0.300 e. The van der Waals surface area contributed by atoms with Gasteiger partial charge in [0.1, 0.15) is 5.78 Å². The van der Waals surface area contributed by atoms with Crippen LogP contribution in [0.15, 0.2) is 48.1 Å². The Balaban J connectivity index is -0.000000135. The number of benzene rings is 1. The van der Waals surface area contributed by atoms with E-state index in [4.69, 9.17) is 0 Å². The molecule has 0 heterocycles. The quantitative estimate of drug-likeness (QED) is 0.490. The van der Waals surface area contributed by atoms with Gasteiger partial charge in [-0.05, 0) is 47.5 Å². The van der Waals surface area contributed by atoms with Crippen molar-refractivity contribution in [2.24, 2.45) is 0 Å². The summed E-state index contributed by atoms with van der Waals surface area (Å²) in [5, 5.41) is 0. The first-order valence-corrected chi connectivity index (χ1v) is 10.2. The lowest BCUT2D eigenvalue weighted by Gasteiger charge is -1.95. The maximum absolute atomic E-state index is 9.44. The van der Waals surface area contributed by atoms with Gasteiger partial charge in [-0.25, -0.2) is 0 Å². The van der Waals surface area contributed by atoms with Crippen LogP contribution in [0.1, 0.15) is 92.7 Å². The molecule has 0 saturated carbocycles. The van der Waals surface area contributed by atoms with Gasteiger partial charge in [0.25, 0.3) is 0 Å². The second-order valence-electron chi connectivity index (χ2n) is 5.49. The summed E-state index contributed by atoms with van der Waals surface area (Å²) in [5.41, 5.74) is 4.12. The molecule has 0 N–H and O–H groups in total. The topological polar surface area (TPSA) is 17.1 Å². The summed E-state index contributed by atoms with van der Waals surface area (Å²) in [5.74, 6) is 0.167. The molecule has 0 aliphatic rings. The number of hydrogen-bond acceptors (Lipinski definition) is 1. The van der Waals surface area contributed by atoms with Crippen LogP contribution in [0.5, 0.6) is 0 Å². The Bertz CT molecular complexity index is 411. The molecule has 1 rings (SSSR count). The lowest BCUT2D eigenvalue weighted by atomic mass is 10.1. The fraction of sp³-hybridized carbons (Fsp3) is 0.560. The first-order valence-electron chi connectivity index (χ1n) is 10.2. The molecule has 0 spiro atoms. The maximum atomic E-state index is 9.44. The predicted molar refractivity (Wildman–Crippen MR) is 123 cm³/mol. The molecule has 0 aliphatic carbocycles. The highest BCUT2D eigenvalue weighted by molar-refractivity contribution is 5.72. The van der Waals surface area contributed by atoms with Crippen molar-refractivity contribution in [3.8, 4) is 0 Å². The van der Waals surface area contributed by atoms with Gasteiger partial charge in [-0.1, -0.05) is 107 Å². The molecule has 26 heavy (non-hydrogen) atoms. The summed E-state index contributed by atoms with van der Waals surface area (Å²) in [7, 11) is 0. The first kappa shape index (κ1) is 32.1. The van der Waals surface area contributed by atoms with Gasteiger partial charge in [0.15, 0.2) is 0 Å². The van der Waals surface area contributed by atoms with Gasteiger partial charge in [-0.2, -0.15) is 0 Å². The van der Waals surface area contributed by atoms with Crippen molar-refractivity contribution >= 4 is 5.78 Å². The third kappa shape index (κ3) is 33.9. The summed E-state index contributed by atoms with van der Waals surface area (Å²) in [4.78, 5) is 9.44. The zero-order valence-corrected chi connectivity index (χ0v) is 19.6. The van der Waals surface area contributed by atoms with Crippen LogP contribution in [0.3, 0.4) is 0 Å². The summed E-state index contributed by atoms with van der Waals surface area (Å²) in [6.07, 6.45) is 10.2. The van der Waals surface area contributed by atoms with Gasteiger partial charge in [-0.15, -0.1) is 0 Å². The van der Waals surface area contributed by atoms with Crippen LogP contribution in [0.2, 0.25) is 0 Å². The van der Waals surface area contributed by atoms with Gasteiger partial charge in [-0.3, -0.25) is 0 Å². The average molecular weight is 363 g/mol. The van der Waals surface area contributed by atoms with Gasteiger partial charge in [0.2, 0.25) is 0 Å². The predicted octanol–water partition coefficient (Wildman–Crippen LogP) is 8.65. The zero-order chi connectivity index (χ0) is 21.4. The van der Waals surface area contributed by atoms with Crippen molar-refractivity contribution in [3.05, 3.63) is 59.2 Å². The van der Waals surface area contributed by atoms with Crippen LogP contribution >= 0.6 is 0 Å². The first-order chi connectivity index (χ1) is 12.4. The molecule has 1 nitrogen and oxygen atoms in total. The molecule has 0 aromatic heterocycles. The Morgan fingerprint density at radius 1 is 0.885 bits per heavy atom. The van der Waals surface area contributed by atoms with E-state index in [1.54, 1.807) is 0 Å². The van der Waals surface area contributed by atoms with Crippen LogP contribution in [-0.4, -0.2) is 5.78 Å². The third-order valence-corrected chi connectivity index (χ3v) is 2.70. The summed E-state index contributed by atoms with van der Waals surface area (Å²) in [6.45, 7) is 21.7. The molecule has 1 aromatic carbocycles.